The largest absolute Gasteiger partial charge is 0.481 e. The molecular weight excluding hydrogens is 194 g/mol. The predicted octanol–water partition coefficient (Wildman–Crippen LogP) is 1.34. The van der Waals surface area contributed by atoms with E-state index in [4.69, 9.17) is 5.11 Å². The minimum absolute atomic E-state index is 0.343. The first kappa shape index (κ1) is 11.7. The monoisotopic (exact) mass is 211 g/mol. The van der Waals surface area contributed by atoms with Gasteiger partial charge < -0.3 is 5.11 Å². The van der Waals surface area contributed by atoms with Crippen molar-refractivity contribution in [2.45, 2.75) is 39.7 Å². The van der Waals surface area contributed by atoms with Gasteiger partial charge in [0.1, 0.15) is 12.2 Å². The lowest BCUT2D eigenvalue weighted by Gasteiger charge is -2.10. The third-order valence-electron chi connectivity index (χ3n) is 2.41. The van der Waals surface area contributed by atoms with Crippen molar-refractivity contribution in [2.24, 2.45) is 5.92 Å². The third kappa shape index (κ3) is 3.04. The molecule has 1 N–H and O–H groups in total. The highest BCUT2D eigenvalue weighted by Crippen LogP contribution is 2.12. The minimum Gasteiger partial charge on any atom is -0.481 e. The van der Waals surface area contributed by atoms with Crippen molar-refractivity contribution in [3.63, 3.8) is 0 Å². The summed E-state index contributed by atoms with van der Waals surface area (Å²) in [6, 6.07) is 0. The van der Waals surface area contributed by atoms with Crippen LogP contribution in [0.2, 0.25) is 0 Å². The van der Waals surface area contributed by atoms with Crippen molar-refractivity contribution in [2.75, 3.05) is 0 Å². The lowest BCUT2D eigenvalue weighted by molar-refractivity contribution is -0.142. The topological polar surface area (TPSA) is 68.0 Å². The molecule has 5 nitrogen and oxygen atoms in total. The molecular formula is C10H17N3O2. The lowest BCUT2D eigenvalue weighted by Crippen LogP contribution is -2.19. The first-order valence-electron chi connectivity index (χ1n) is 5.28. The van der Waals surface area contributed by atoms with Gasteiger partial charge in [0, 0.05) is 13.0 Å². The normalized spacial score (nSPS) is 12.7. The highest BCUT2D eigenvalue weighted by atomic mass is 16.4. The average molecular weight is 211 g/mol. The molecule has 0 aliphatic carbocycles. The number of carboxylic acid groups (broad SMARTS) is 1. The van der Waals surface area contributed by atoms with Crippen LogP contribution in [0.5, 0.6) is 0 Å². The predicted molar refractivity (Wildman–Crippen MR) is 55.4 cm³/mol. The quantitative estimate of drug-likeness (QED) is 0.771. The molecule has 0 radical (unpaired) electrons. The number of hydrogen-bond acceptors (Lipinski definition) is 3. The molecule has 84 valence electrons. The molecule has 1 atom stereocenters. The minimum atomic E-state index is -0.748. The standard InChI is InChI=1S/C10H17N3O2/c1-3-5-8(10(14)15)6-9-11-7-12-13(9)4-2/h7-8H,3-6H2,1-2H3,(H,14,15). The summed E-state index contributed by atoms with van der Waals surface area (Å²) in [5.74, 6) is -0.328. The van der Waals surface area contributed by atoms with Gasteiger partial charge in [-0.1, -0.05) is 13.3 Å². The molecule has 1 unspecified atom stereocenters. The fraction of sp³-hybridized carbons (Fsp3) is 0.700. The van der Waals surface area contributed by atoms with Gasteiger partial charge in [0.2, 0.25) is 0 Å². The Morgan fingerprint density at radius 1 is 1.60 bits per heavy atom. The van der Waals surface area contributed by atoms with Crippen molar-refractivity contribution in [1.82, 2.24) is 14.8 Å². The molecule has 5 heteroatoms. The van der Waals surface area contributed by atoms with Crippen LogP contribution < -0.4 is 0 Å². The molecule has 1 aromatic heterocycles. The Balaban J connectivity index is 2.69. The molecule has 15 heavy (non-hydrogen) atoms. The van der Waals surface area contributed by atoms with E-state index in [9.17, 15) is 4.79 Å². The van der Waals surface area contributed by atoms with Gasteiger partial charge in [0.25, 0.3) is 0 Å². The van der Waals surface area contributed by atoms with Crippen LogP contribution in [-0.2, 0) is 17.8 Å². The molecule has 0 saturated heterocycles. The number of aryl methyl sites for hydroxylation is 1. The molecule has 1 aromatic rings. The zero-order chi connectivity index (χ0) is 11.3. The second-order valence-corrected chi connectivity index (χ2v) is 3.52. The number of hydrogen-bond donors (Lipinski definition) is 1. The number of nitrogens with zero attached hydrogens (tertiary/aromatic N) is 3. The van der Waals surface area contributed by atoms with Gasteiger partial charge in [0.15, 0.2) is 0 Å². The van der Waals surface area contributed by atoms with E-state index in [0.717, 1.165) is 18.8 Å². The number of carbonyl (C=O) groups is 1. The Morgan fingerprint density at radius 3 is 2.87 bits per heavy atom. The van der Waals surface area contributed by atoms with Crippen molar-refractivity contribution in [1.29, 1.82) is 0 Å². The van der Waals surface area contributed by atoms with Gasteiger partial charge in [-0.15, -0.1) is 0 Å². The van der Waals surface area contributed by atoms with Gasteiger partial charge >= 0.3 is 5.97 Å². The Morgan fingerprint density at radius 2 is 2.33 bits per heavy atom. The van der Waals surface area contributed by atoms with Gasteiger partial charge in [-0.05, 0) is 13.3 Å². The summed E-state index contributed by atoms with van der Waals surface area (Å²) in [4.78, 5) is 15.0. The van der Waals surface area contributed by atoms with E-state index in [1.807, 2.05) is 13.8 Å². The van der Waals surface area contributed by atoms with E-state index in [-0.39, 0.29) is 5.92 Å². The van der Waals surface area contributed by atoms with E-state index in [1.165, 1.54) is 6.33 Å². The van der Waals surface area contributed by atoms with Crippen LogP contribution in [0.15, 0.2) is 6.33 Å². The number of aromatic nitrogens is 3. The van der Waals surface area contributed by atoms with Crippen LogP contribution in [0, 0.1) is 5.92 Å². The SMILES string of the molecule is CCCC(Cc1ncnn1CC)C(=O)O. The number of carboxylic acids is 1. The number of rotatable bonds is 6. The van der Waals surface area contributed by atoms with Crippen LogP contribution in [0.3, 0.4) is 0 Å². The summed E-state index contributed by atoms with van der Waals surface area (Å²) in [6.07, 6.45) is 3.50. The molecule has 0 bridgehead atoms. The van der Waals surface area contributed by atoms with Gasteiger partial charge in [-0.25, -0.2) is 4.98 Å². The van der Waals surface area contributed by atoms with Crippen LogP contribution in [0.25, 0.3) is 0 Å². The molecule has 0 fully saturated rings. The molecule has 1 heterocycles. The zero-order valence-corrected chi connectivity index (χ0v) is 9.18. The summed E-state index contributed by atoms with van der Waals surface area (Å²) in [7, 11) is 0. The summed E-state index contributed by atoms with van der Waals surface area (Å²) in [5, 5.41) is 13.0. The zero-order valence-electron chi connectivity index (χ0n) is 9.18. The molecule has 0 saturated carbocycles. The first-order valence-corrected chi connectivity index (χ1v) is 5.28. The van der Waals surface area contributed by atoms with Crippen molar-refractivity contribution < 1.29 is 9.90 Å². The summed E-state index contributed by atoms with van der Waals surface area (Å²) >= 11 is 0. The summed E-state index contributed by atoms with van der Waals surface area (Å²) < 4.78 is 1.74. The number of aliphatic carboxylic acids is 1. The fourth-order valence-electron chi connectivity index (χ4n) is 1.59. The Labute approximate surface area is 89.1 Å². The van der Waals surface area contributed by atoms with Crippen LogP contribution in [0.1, 0.15) is 32.5 Å². The van der Waals surface area contributed by atoms with Gasteiger partial charge in [0.05, 0.1) is 5.92 Å². The Bertz CT molecular complexity index is 322. The maximum Gasteiger partial charge on any atom is 0.306 e. The summed E-state index contributed by atoms with van der Waals surface area (Å²) in [6.45, 7) is 4.68. The highest BCUT2D eigenvalue weighted by Gasteiger charge is 2.19. The van der Waals surface area contributed by atoms with Gasteiger partial charge in [-0.2, -0.15) is 5.10 Å². The Hall–Kier alpha value is -1.39. The van der Waals surface area contributed by atoms with E-state index in [0.29, 0.717) is 12.8 Å². The van der Waals surface area contributed by atoms with E-state index < -0.39 is 5.97 Å². The highest BCUT2D eigenvalue weighted by molar-refractivity contribution is 5.70. The van der Waals surface area contributed by atoms with Crippen LogP contribution in [0.4, 0.5) is 0 Å². The molecule has 0 aliphatic heterocycles. The van der Waals surface area contributed by atoms with Crippen LogP contribution in [-0.4, -0.2) is 25.8 Å². The summed E-state index contributed by atoms with van der Waals surface area (Å²) in [5.41, 5.74) is 0. The van der Waals surface area contributed by atoms with E-state index >= 15 is 0 Å². The van der Waals surface area contributed by atoms with Crippen LogP contribution >= 0.6 is 0 Å². The maximum atomic E-state index is 11.0. The smallest absolute Gasteiger partial charge is 0.306 e. The molecule has 0 aliphatic rings. The lowest BCUT2D eigenvalue weighted by atomic mass is 10.00. The molecule has 0 aromatic carbocycles. The van der Waals surface area contributed by atoms with Crippen molar-refractivity contribution in [3.05, 3.63) is 12.2 Å². The second-order valence-electron chi connectivity index (χ2n) is 3.52. The Kier molecular flexibility index (Phi) is 4.27. The first-order chi connectivity index (χ1) is 7.19. The van der Waals surface area contributed by atoms with Crippen molar-refractivity contribution in [3.8, 4) is 0 Å². The molecule has 0 spiro atoms. The second kappa shape index (κ2) is 5.48. The van der Waals surface area contributed by atoms with E-state index in [1.54, 1.807) is 4.68 Å². The third-order valence-corrected chi connectivity index (χ3v) is 2.41. The maximum absolute atomic E-state index is 11.0. The van der Waals surface area contributed by atoms with Crippen molar-refractivity contribution >= 4 is 5.97 Å². The van der Waals surface area contributed by atoms with E-state index in [2.05, 4.69) is 10.1 Å². The van der Waals surface area contributed by atoms with Gasteiger partial charge in [-0.3, -0.25) is 9.48 Å². The average Bonchev–Trinajstić information content (AvgIpc) is 2.64. The molecule has 0 amide bonds. The fourth-order valence-corrected chi connectivity index (χ4v) is 1.59. The molecule has 1 rings (SSSR count).